The van der Waals surface area contributed by atoms with Crippen molar-refractivity contribution in [3.8, 4) is 0 Å². The van der Waals surface area contributed by atoms with Gasteiger partial charge in [-0.25, -0.2) is 4.98 Å². The summed E-state index contributed by atoms with van der Waals surface area (Å²) in [6.07, 6.45) is 2.14. The molecule has 0 radical (unpaired) electrons. The summed E-state index contributed by atoms with van der Waals surface area (Å²) in [4.78, 5) is 19.3. The monoisotopic (exact) mass is 369 g/mol. The molecule has 2 heterocycles. The zero-order chi connectivity index (χ0) is 18.1. The first-order chi connectivity index (χ1) is 12.5. The van der Waals surface area contributed by atoms with Gasteiger partial charge in [0.15, 0.2) is 0 Å². The van der Waals surface area contributed by atoms with Crippen molar-refractivity contribution in [3.63, 3.8) is 0 Å². The smallest absolute Gasteiger partial charge is 0.261 e. The largest absolute Gasteiger partial charge is 0.387 e. The predicted octanol–water partition coefficient (Wildman–Crippen LogP) is 2.69. The van der Waals surface area contributed by atoms with Crippen LogP contribution >= 0.6 is 11.6 Å². The van der Waals surface area contributed by atoms with Crippen LogP contribution in [0.5, 0.6) is 0 Å². The van der Waals surface area contributed by atoms with Gasteiger partial charge in [-0.3, -0.25) is 14.3 Å². The highest BCUT2D eigenvalue weighted by molar-refractivity contribution is 6.31. The normalized spacial score (nSPS) is 20.7. The second-order valence-electron chi connectivity index (χ2n) is 7.01. The van der Waals surface area contributed by atoms with Crippen LogP contribution in [0.25, 0.3) is 10.9 Å². The fraction of sp³-hybridized carbons (Fsp3) is 0.300. The molecule has 0 amide bonds. The van der Waals surface area contributed by atoms with Crippen LogP contribution < -0.4 is 5.56 Å². The number of hydrogen-bond acceptors (Lipinski definition) is 4. The fourth-order valence-corrected chi connectivity index (χ4v) is 3.78. The van der Waals surface area contributed by atoms with E-state index in [-0.39, 0.29) is 12.1 Å². The van der Waals surface area contributed by atoms with Crippen molar-refractivity contribution in [1.82, 2.24) is 14.5 Å². The minimum atomic E-state index is -0.938. The van der Waals surface area contributed by atoms with Gasteiger partial charge in [-0.1, -0.05) is 41.9 Å². The van der Waals surface area contributed by atoms with Crippen molar-refractivity contribution >= 4 is 22.5 Å². The molecule has 1 atom stereocenters. The quantitative estimate of drug-likeness (QED) is 0.768. The molecule has 5 nitrogen and oxygen atoms in total. The summed E-state index contributed by atoms with van der Waals surface area (Å²) in [6, 6.07) is 15.3. The first kappa shape index (κ1) is 17.2. The number of aromatic nitrogens is 2. The lowest BCUT2D eigenvalue weighted by Gasteiger charge is -2.24. The van der Waals surface area contributed by atoms with Crippen LogP contribution in [0.15, 0.2) is 59.7 Å². The molecule has 1 unspecified atom stereocenters. The molecule has 0 bridgehead atoms. The Bertz CT molecular complexity index is 989. The van der Waals surface area contributed by atoms with Gasteiger partial charge in [0.25, 0.3) is 5.56 Å². The van der Waals surface area contributed by atoms with Crippen LogP contribution in [0.4, 0.5) is 0 Å². The molecule has 1 aromatic heterocycles. The van der Waals surface area contributed by atoms with Gasteiger partial charge in [-0.15, -0.1) is 0 Å². The van der Waals surface area contributed by atoms with E-state index in [1.54, 1.807) is 18.2 Å². The van der Waals surface area contributed by atoms with Crippen molar-refractivity contribution in [3.05, 3.63) is 75.8 Å². The number of hydrogen-bond donors (Lipinski definition) is 1. The zero-order valence-corrected chi connectivity index (χ0v) is 15.1. The van der Waals surface area contributed by atoms with E-state index in [4.69, 9.17) is 11.6 Å². The lowest BCUT2D eigenvalue weighted by molar-refractivity contribution is 0.0302. The van der Waals surface area contributed by atoms with Gasteiger partial charge in [0, 0.05) is 24.7 Å². The van der Waals surface area contributed by atoms with Crippen LogP contribution in [0.3, 0.4) is 0 Å². The molecule has 6 heteroatoms. The van der Waals surface area contributed by atoms with Crippen LogP contribution in [-0.2, 0) is 13.1 Å². The SMILES string of the molecule is O=c1c2cc(Cl)ccc2ncn1CC1(O)CCN(Cc2ccccc2)C1. The highest BCUT2D eigenvalue weighted by Gasteiger charge is 2.36. The molecular weight excluding hydrogens is 350 g/mol. The van der Waals surface area contributed by atoms with Crippen LogP contribution in [0.2, 0.25) is 5.02 Å². The maximum atomic E-state index is 12.7. The van der Waals surface area contributed by atoms with E-state index in [1.165, 1.54) is 16.5 Å². The summed E-state index contributed by atoms with van der Waals surface area (Å²) in [7, 11) is 0. The summed E-state index contributed by atoms with van der Waals surface area (Å²) in [6.45, 7) is 2.35. The maximum absolute atomic E-state index is 12.7. The molecule has 0 saturated carbocycles. The second-order valence-corrected chi connectivity index (χ2v) is 7.45. The average molecular weight is 370 g/mol. The van der Waals surface area contributed by atoms with E-state index >= 15 is 0 Å². The van der Waals surface area contributed by atoms with Crippen LogP contribution in [0.1, 0.15) is 12.0 Å². The molecule has 1 aliphatic rings. The Morgan fingerprint density at radius 2 is 2.00 bits per heavy atom. The highest BCUT2D eigenvalue weighted by Crippen LogP contribution is 2.24. The predicted molar refractivity (Wildman–Crippen MR) is 102 cm³/mol. The molecule has 26 heavy (non-hydrogen) atoms. The zero-order valence-electron chi connectivity index (χ0n) is 14.3. The van der Waals surface area contributed by atoms with Gasteiger partial charge >= 0.3 is 0 Å². The van der Waals surface area contributed by atoms with Crippen molar-refractivity contribution in [1.29, 1.82) is 0 Å². The summed E-state index contributed by atoms with van der Waals surface area (Å²) in [5, 5.41) is 12.0. The first-order valence-electron chi connectivity index (χ1n) is 8.66. The number of fused-ring (bicyclic) bond motifs is 1. The van der Waals surface area contributed by atoms with Crippen LogP contribution in [-0.4, -0.2) is 38.2 Å². The van der Waals surface area contributed by atoms with Gasteiger partial charge in [0.2, 0.25) is 0 Å². The molecule has 1 aliphatic heterocycles. The minimum Gasteiger partial charge on any atom is -0.387 e. The topological polar surface area (TPSA) is 58.4 Å². The number of benzene rings is 2. The van der Waals surface area contributed by atoms with E-state index in [0.29, 0.717) is 28.9 Å². The van der Waals surface area contributed by atoms with E-state index in [0.717, 1.165) is 13.1 Å². The maximum Gasteiger partial charge on any atom is 0.261 e. The lowest BCUT2D eigenvalue weighted by atomic mass is 10.0. The van der Waals surface area contributed by atoms with Crippen molar-refractivity contribution in [2.75, 3.05) is 13.1 Å². The Hall–Kier alpha value is -2.21. The first-order valence-corrected chi connectivity index (χ1v) is 9.04. The summed E-state index contributed by atoms with van der Waals surface area (Å²) in [5.41, 5.74) is 0.718. The van der Waals surface area contributed by atoms with Gasteiger partial charge in [-0.2, -0.15) is 0 Å². The molecule has 0 spiro atoms. The molecule has 2 aromatic carbocycles. The molecule has 0 aliphatic carbocycles. The van der Waals surface area contributed by atoms with Crippen molar-refractivity contribution < 1.29 is 5.11 Å². The van der Waals surface area contributed by atoms with Gasteiger partial charge in [-0.05, 0) is 30.2 Å². The molecule has 1 fully saturated rings. The molecule has 4 rings (SSSR count). The van der Waals surface area contributed by atoms with Gasteiger partial charge in [0.1, 0.15) is 0 Å². The number of likely N-dealkylation sites (tertiary alicyclic amines) is 1. The third-order valence-electron chi connectivity index (χ3n) is 4.91. The Labute approximate surface area is 156 Å². The Morgan fingerprint density at radius 1 is 1.19 bits per heavy atom. The van der Waals surface area contributed by atoms with E-state index in [2.05, 4.69) is 22.0 Å². The molecule has 1 N–H and O–H groups in total. The number of aliphatic hydroxyl groups is 1. The summed E-state index contributed by atoms with van der Waals surface area (Å²) in [5.74, 6) is 0. The highest BCUT2D eigenvalue weighted by atomic mass is 35.5. The average Bonchev–Trinajstić information content (AvgIpc) is 2.99. The Kier molecular flexibility index (Phi) is 4.53. The molecule has 1 saturated heterocycles. The van der Waals surface area contributed by atoms with Crippen LogP contribution in [0, 0.1) is 0 Å². The summed E-state index contributed by atoms with van der Waals surface area (Å²) >= 11 is 6.00. The van der Waals surface area contributed by atoms with Crippen molar-refractivity contribution in [2.24, 2.45) is 0 Å². The van der Waals surface area contributed by atoms with Crippen molar-refractivity contribution in [2.45, 2.75) is 25.1 Å². The summed E-state index contributed by atoms with van der Waals surface area (Å²) < 4.78 is 1.49. The van der Waals surface area contributed by atoms with Gasteiger partial charge < -0.3 is 5.11 Å². The molecule has 134 valence electrons. The third-order valence-corrected chi connectivity index (χ3v) is 5.15. The van der Waals surface area contributed by atoms with Gasteiger partial charge in [0.05, 0.1) is 29.4 Å². The molecule has 3 aromatic rings. The fourth-order valence-electron chi connectivity index (χ4n) is 3.61. The number of halogens is 1. The standard InChI is InChI=1S/C20H20ClN3O2/c21-16-6-7-18-17(10-16)19(25)24(14-22-18)13-20(26)8-9-23(12-20)11-15-4-2-1-3-5-15/h1-7,10,14,26H,8-9,11-13H2. The second kappa shape index (κ2) is 6.83. The van der Waals surface area contributed by atoms with E-state index in [1.807, 2.05) is 18.2 Å². The number of β-amino-alcohol motifs (C(OH)–C–C–N with tert-alkyl or cyclic N) is 1. The third kappa shape index (κ3) is 3.51. The number of nitrogens with zero attached hydrogens (tertiary/aromatic N) is 3. The van der Waals surface area contributed by atoms with E-state index < -0.39 is 5.60 Å². The Balaban J connectivity index is 1.53. The van der Waals surface area contributed by atoms with E-state index in [9.17, 15) is 9.90 Å². The minimum absolute atomic E-state index is 0.174. The lowest BCUT2D eigenvalue weighted by Crippen LogP contribution is -2.40. The Morgan fingerprint density at radius 3 is 2.81 bits per heavy atom. The number of rotatable bonds is 4. The molecular formula is C20H20ClN3O2.